The standard InChI is InChI=1S/C24H19N3O6S/c1-2-33-20(28)13-26-12-15(17-8-3-4-9-19(17)26)11-18-21(29)25-24(34)27(22(18)30)16-7-5-6-14(10-16)23(31)32/h3-12H,2,13H2,1H3,(H,31,32)(H,25,29,34). The van der Waals surface area contributed by atoms with Crippen molar-refractivity contribution in [1.29, 1.82) is 0 Å². The SMILES string of the molecule is CCOC(=O)Cn1cc(C=C2C(=O)NC(=S)N(c3cccc(C(=O)O)c3)C2=O)c2ccccc21. The zero-order valence-electron chi connectivity index (χ0n) is 18.0. The minimum Gasteiger partial charge on any atom is -0.478 e. The van der Waals surface area contributed by atoms with E-state index in [4.69, 9.17) is 17.0 Å². The molecule has 1 saturated heterocycles. The van der Waals surface area contributed by atoms with Gasteiger partial charge in [0.05, 0.1) is 17.9 Å². The lowest BCUT2D eigenvalue weighted by Crippen LogP contribution is -2.54. The second-order valence-electron chi connectivity index (χ2n) is 7.35. The van der Waals surface area contributed by atoms with Gasteiger partial charge in [0.1, 0.15) is 12.1 Å². The highest BCUT2D eigenvalue weighted by atomic mass is 32.1. The molecule has 4 rings (SSSR count). The number of nitrogens with one attached hydrogen (secondary N) is 1. The van der Waals surface area contributed by atoms with Crippen molar-refractivity contribution in [3.8, 4) is 0 Å². The molecular weight excluding hydrogens is 458 g/mol. The van der Waals surface area contributed by atoms with Gasteiger partial charge in [-0.25, -0.2) is 4.79 Å². The van der Waals surface area contributed by atoms with Gasteiger partial charge >= 0.3 is 11.9 Å². The minimum absolute atomic E-state index is 0.0300. The summed E-state index contributed by atoms with van der Waals surface area (Å²) < 4.78 is 6.72. The molecule has 0 spiro atoms. The normalized spacial score (nSPS) is 15.0. The minimum atomic E-state index is -1.16. The average molecular weight is 477 g/mol. The summed E-state index contributed by atoms with van der Waals surface area (Å²) in [6.07, 6.45) is 3.09. The summed E-state index contributed by atoms with van der Waals surface area (Å²) >= 11 is 5.19. The summed E-state index contributed by atoms with van der Waals surface area (Å²) in [5.74, 6) is -2.95. The number of fused-ring (bicyclic) bond motifs is 1. The van der Waals surface area contributed by atoms with Gasteiger partial charge in [-0.3, -0.25) is 24.6 Å². The van der Waals surface area contributed by atoms with Crippen LogP contribution in [0.2, 0.25) is 0 Å². The Morgan fingerprint density at radius 2 is 1.91 bits per heavy atom. The molecular formula is C24H19N3O6S. The van der Waals surface area contributed by atoms with Crippen LogP contribution >= 0.6 is 12.2 Å². The number of rotatable bonds is 6. The van der Waals surface area contributed by atoms with Crippen molar-refractivity contribution >= 4 is 63.7 Å². The van der Waals surface area contributed by atoms with Crippen LogP contribution in [0.15, 0.2) is 60.3 Å². The topological polar surface area (TPSA) is 118 Å². The molecule has 1 aliphatic heterocycles. The molecule has 2 N–H and O–H groups in total. The molecule has 0 bridgehead atoms. The number of thiocarbonyl (C=S) groups is 1. The number of carbonyl (C=O) groups is 4. The fourth-order valence-corrected chi connectivity index (χ4v) is 3.97. The van der Waals surface area contributed by atoms with Gasteiger partial charge in [-0.2, -0.15) is 0 Å². The summed E-state index contributed by atoms with van der Waals surface area (Å²) in [7, 11) is 0. The van der Waals surface area contributed by atoms with Gasteiger partial charge in [0.15, 0.2) is 5.11 Å². The Labute approximate surface area is 199 Å². The van der Waals surface area contributed by atoms with Crippen LogP contribution in [-0.2, 0) is 25.7 Å². The lowest BCUT2D eigenvalue weighted by molar-refractivity contribution is -0.143. The number of esters is 1. The maximum absolute atomic E-state index is 13.3. The number of carboxylic acids is 1. The molecule has 1 aliphatic rings. The third kappa shape index (κ3) is 4.30. The first-order valence-corrected chi connectivity index (χ1v) is 10.7. The predicted molar refractivity (Wildman–Crippen MR) is 128 cm³/mol. The number of carbonyl (C=O) groups excluding carboxylic acids is 3. The van der Waals surface area contributed by atoms with E-state index < -0.39 is 23.8 Å². The second-order valence-corrected chi connectivity index (χ2v) is 7.73. The Balaban J connectivity index is 1.76. The molecule has 0 aliphatic carbocycles. The molecule has 2 heterocycles. The zero-order chi connectivity index (χ0) is 24.4. The number of hydrogen-bond donors (Lipinski definition) is 2. The van der Waals surface area contributed by atoms with Crippen molar-refractivity contribution in [1.82, 2.24) is 9.88 Å². The smallest absolute Gasteiger partial charge is 0.335 e. The summed E-state index contributed by atoms with van der Waals surface area (Å²) in [6, 6.07) is 12.9. The molecule has 0 saturated carbocycles. The third-order valence-electron chi connectivity index (χ3n) is 5.18. The van der Waals surface area contributed by atoms with Crippen LogP contribution in [0.4, 0.5) is 5.69 Å². The van der Waals surface area contributed by atoms with Crippen molar-refractivity contribution in [2.24, 2.45) is 0 Å². The van der Waals surface area contributed by atoms with Crippen molar-refractivity contribution in [3.63, 3.8) is 0 Å². The summed E-state index contributed by atoms with van der Waals surface area (Å²) in [5.41, 5.74) is 1.27. The Kier molecular flexibility index (Phi) is 6.24. The van der Waals surface area contributed by atoms with E-state index in [-0.39, 0.29) is 35.1 Å². The van der Waals surface area contributed by atoms with Crippen molar-refractivity contribution in [2.75, 3.05) is 11.5 Å². The molecule has 1 fully saturated rings. The first-order chi connectivity index (χ1) is 16.3. The molecule has 0 atom stereocenters. The monoisotopic (exact) mass is 477 g/mol. The van der Waals surface area contributed by atoms with Crippen molar-refractivity contribution in [3.05, 3.63) is 71.4 Å². The van der Waals surface area contributed by atoms with Gasteiger partial charge in [0, 0.05) is 22.7 Å². The van der Waals surface area contributed by atoms with E-state index in [1.54, 1.807) is 23.8 Å². The van der Waals surface area contributed by atoms with E-state index in [9.17, 15) is 24.3 Å². The van der Waals surface area contributed by atoms with Gasteiger partial charge in [-0.15, -0.1) is 0 Å². The van der Waals surface area contributed by atoms with Crippen LogP contribution < -0.4 is 10.2 Å². The quantitative estimate of drug-likeness (QED) is 0.243. The zero-order valence-corrected chi connectivity index (χ0v) is 18.8. The second kappa shape index (κ2) is 9.28. The van der Waals surface area contributed by atoms with Gasteiger partial charge in [-0.05, 0) is 49.5 Å². The molecule has 0 radical (unpaired) electrons. The molecule has 2 aromatic carbocycles. The number of para-hydroxylation sites is 1. The Morgan fingerprint density at radius 1 is 1.15 bits per heavy atom. The van der Waals surface area contributed by atoms with Crippen LogP contribution in [0.1, 0.15) is 22.8 Å². The summed E-state index contributed by atoms with van der Waals surface area (Å²) in [6.45, 7) is 1.94. The molecule has 34 heavy (non-hydrogen) atoms. The number of hydrogen-bond acceptors (Lipinski definition) is 6. The highest BCUT2D eigenvalue weighted by Crippen LogP contribution is 2.27. The van der Waals surface area contributed by atoms with Gasteiger partial charge < -0.3 is 14.4 Å². The fraction of sp³-hybridized carbons (Fsp3) is 0.125. The summed E-state index contributed by atoms with van der Waals surface area (Å²) in [4.78, 5) is 50.5. The number of ether oxygens (including phenoxy) is 1. The van der Waals surface area contributed by atoms with Crippen molar-refractivity contribution < 1.29 is 29.0 Å². The third-order valence-corrected chi connectivity index (χ3v) is 5.46. The predicted octanol–water partition coefficient (Wildman–Crippen LogP) is 2.73. The van der Waals surface area contributed by atoms with Gasteiger partial charge in [0.2, 0.25) is 0 Å². The maximum atomic E-state index is 13.3. The highest BCUT2D eigenvalue weighted by Gasteiger charge is 2.35. The number of nitrogens with zero attached hydrogens (tertiary/aromatic N) is 2. The largest absolute Gasteiger partial charge is 0.478 e. The van der Waals surface area contributed by atoms with Crippen LogP contribution in [0.25, 0.3) is 17.0 Å². The fourth-order valence-electron chi connectivity index (χ4n) is 3.69. The molecule has 2 amide bonds. The Hall–Kier alpha value is -4.31. The molecule has 9 nitrogen and oxygen atoms in total. The lowest BCUT2D eigenvalue weighted by atomic mass is 10.1. The molecule has 172 valence electrons. The van der Waals surface area contributed by atoms with Crippen LogP contribution in [0.3, 0.4) is 0 Å². The number of carboxylic acid groups (broad SMARTS) is 1. The van der Waals surface area contributed by atoms with Crippen molar-refractivity contribution in [2.45, 2.75) is 13.5 Å². The van der Waals surface area contributed by atoms with E-state index in [1.807, 2.05) is 18.2 Å². The Bertz CT molecular complexity index is 1390. The number of amides is 2. The van der Waals surface area contributed by atoms with E-state index >= 15 is 0 Å². The first-order valence-electron chi connectivity index (χ1n) is 10.3. The van der Waals surface area contributed by atoms with E-state index in [2.05, 4.69) is 5.32 Å². The van der Waals surface area contributed by atoms with Crippen LogP contribution in [-0.4, -0.2) is 45.1 Å². The number of aromatic carboxylic acids is 1. The number of anilines is 1. The molecule has 3 aromatic rings. The van der Waals surface area contributed by atoms with Crippen LogP contribution in [0, 0.1) is 0 Å². The molecule has 10 heteroatoms. The lowest BCUT2D eigenvalue weighted by Gasteiger charge is -2.29. The number of benzene rings is 2. The highest BCUT2D eigenvalue weighted by molar-refractivity contribution is 7.80. The van der Waals surface area contributed by atoms with E-state index in [0.29, 0.717) is 5.56 Å². The van der Waals surface area contributed by atoms with Gasteiger partial charge in [0.25, 0.3) is 11.8 Å². The molecule has 1 aromatic heterocycles. The van der Waals surface area contributed by atoms with Crippen LogP contribution in [0.5, 0.6) is 0 Å². The first kappa shape index (κ1) is 22.9. The van der Waals surface area contributed by atoms with E-state index in [1.165, 1.54) is 30.3 Å². The Morgan fingerprint density at radius 3 is 2.65 bits per heavy atom. The number of aromatic nitrogens is 1. The molecule has 0 unspecified atom stereocenters. The summed E-state index contributed by atoms with van der Waals surface area (Å²) in [5, 5.41) is 12.3. The van der Waals surface area contributed by atoms with E-state index in [0.717, 1.165) is 15.8 Å². The average Bonchev–Trinajstić information content (AvgIpc) is 3.14. The maximum Gasteiger partial charge on any atom is 0.335 e. The van der Waals surface area contributed by atoms with Gasteiger partial charge in [-0.1, -0.05) is 24.3 Å².